The van der Waals surface area contributed by atoms with E-state index in [9.17, 15) is 8.42 Å². The Labute approximate surface area is 138 Å². The summed E-state index contributed by atoms with van der Waals surface area (Å²) in [5.74, 6) is 0. The monoisotopic (exact) mass is 340 g/mol. The number of hydrogen-bond donors (Lipinski definition) is 0. The molecular formula is C17H24O5S. The summed E-state index contributed by atoms with van der Waals surface area (Å²) in [6.45, 7) is 1.00. The van der Waals surface area contributed by atoms with Crippen LogP contribution >= 0.6 is 0 Å². The van der Waals surface area contributed by atoms with Crippen LogP contribution in [0.2, 0.25) is 0 Å². The third kappa shape index (κ3) is 4.76. The minimum absolute atomic E-state index is 0.220. The van der Waals surface area contributed by atoms with Crippen molar-refractivity contribution in [1.82, 2.24) is 0 Å². The Bertz CT molecular complexity index is 605. The lowest BCUT2D eigenvalue weighted by Gasteiger charge is -2.36. The zero-order valence-corrected chi connectivity index (χ0v) is 14.3. The van der Waals surface area contributed by atoms with Gasteiger partial charge in [-0.05, 0) is 31.2 Å². The molecule has 1 aromatic rings. The maximum atomic E-state index is 11.2. The maximum Gasteiger partial charge on any atom is 0.264 e. The van der Waals surface area contributed by atoms with E-state index in [1.54, 1.807) is 0 Å². The Balaban J connectivity index is 1.45. The Morgan fingerprint density at radius 3 is 2.52 bits per heavy atom. The van der Waals surface area contributed by atoms with Gasteiger partial charge in [-0.25, -0.2) is 0 Å². The smallest absolute Gasteiger partial charge is 0.264 e. The average Bonchev–Trinajstić information content (AvgIpc) is 2.88. The van der Waals surface area contributed by atoms with Crippen LogP contribution in [0.3, 0.4) is 0 Å². The first kappa shape index (κ1) is 16.9. The number of rotatable bonds is 5. The molecule has 128 valence electrons. The van der Waals surface area contributed by atoms with Crippen LogP contribution in [-0.4, -0.2) is 39.1 Å². The molecule has 1 spiro atoms. The van der Waals surface area contributed by atoms with Crippen molar-refractivity contribution in [2.24, 2.45) is 0 Å². The predicted octanol–water partition coefficient (Wildman–Crippen LogP) is 2.65. The first-order chi connectivity index (χ1) is 10.9. The molecule has 1 saturated carbocycles. The predicted molar refractivity (Wildman–Crippen MR) is 86.5 cm³/mol. The van der Waals surface area contributed by atoms with Gasteiger partial charge in [0.05, 0.1) is 31.2 Å². The Morgan fingerprint density at radius 2 is 1.87 bits per heavy atom. The van der Waals surface area contributed by atoms with Gasteiger partial charge < -0.3 is 9.47 Å². The summed E-state index contributed by atoms with van der Waals surface area (Å²) in [6.07, 6.45) is 5.34. The summed E-state index contributed by atoms with van der Waals surface area (Å²) in [4.78, 5) is 0. The van der Waals surface area contributed by atoms with E-state index in [4.69, 9.17) is 13.7 Å². The van der Waals surface area contributed by atoms with Crippen LogP contribution in [0.1, 0.15) is 37.7 Å². The fourth-order valence-corrected chi connectivity index (χ4v) is 4.15. The van der Waals surface area contributed by atoms with Crippen molar-refractivity contribution in [3.05, 3.63) is 35.9 Å². The van der Waals surface area contributed by atoms with Crippen LogP contribution in [0.5, 0.6) is 0 Å². The summed E-state index contributed by atoms with van der Waals surface area (Å²) in [5, 5.41) is 0. The molecular weight excluding hydrogens is 316 g/mol. The molecule has 1 aliphatic carbocycles. The van der Waals surface area contributed by atoms with Crippen LogP contribution in [-0.2, 0) is 30.4 Å². The summed E-state index contributed by atoms with van der Waals surface area (Å²) >= 11 is 0. The van der Waals surface area contributed by atoms with E-state index in [1.807, 2.05) is 18.2 Å². The number of hydrogen-bond acceptors (Lipinski definition) is 5. The molecule has 2 fully saturated rings. The van der Waals surface area contributed by atoms with Crippen molar-refractivity contribution in [1.29, 1.82) is 0 Å². The van der Waals surface area contributed by atoms with Crippen LogP contribution in [0.4, 0.5) is 0 Å². The highest BCUT2D eigenvalue weighted by atomic mass is 32.2. The summed E-state index contributed by atoms with van der Waals surface area (Å²) in [7, 11) is -3.42. The van der Waals surface area contributed by atoms with Gasteiger partial charge in [-0.2, -0.15) is 8.42 Å². The van der Waals surface area contributed by atoms with Gasteiger partial charge in [0.15, 0.2) is 0 Å². The lowest BCUT2D eigenvalue weighted by atomic mass is 9.81. The molecule has 0 N–H and O–H groups in total. The first-order valence-electron chi connectivity index (χ1n) is 8.12. The topological polar surface area (TPSA) is 61.8 Å². The van der Waals surface area contributed by atoms with Crippen molar-refractivity contribution in [2.75, 3.05) is 12.9 Å². The van der Waals surface area contributed by atoms with Gasteiger partial charge in [-0.1, -0.05) is 30.3 Å². The summed E-state index contributed by atoms with van der Waals surface area (Å²) < 4.78 is 39.4. The van der Waals surface area contributed by atoms with Gasteiger partial charge in [-0.15, -0.1) is 0 Å². The molecule has 1 aliphatic heterocycles. The summed E-state index contributed by atoms with van der Waals surface area (Å²) in [5.41, 5.74) is 0.966. The highest BCUT2D eigenvalue weighted by molar-refractivity contribution is 7.86. The van der Waals surface area contributed by atoms with Crippen LogP contribution < -0.4 is 0 Å². The zero-order valence-electron chi connectivity index (χ0n) is 13.4. The van der Waals surface area contributed by atoms with Gasteiger partial charge >= 0.3 is 0 Å². The lowest BCUT2D eigenvalue weighted by molar-refractivity contribution is -0.0726. The Morgan fingerprint density at radius 1 is 1.17 bits per heavy atom. The molecule has 23 heavy (non-hydrogen) atoms. The second-order valence-electron chi connectivity index (χ2n) is 6.62. The standard InChI is InChI=1S/C17H24O5S/c1-23(18,19)22-16-11-17(21-13-16)9-7-15(8-10-17)20-12-14-5-3-2-4-6-14/h2-6,15-16H,7-13H2,1H3. The van der Waals surface area contributed by atoms with E-state index >= 15 is 0 Å². The van der Waals surface area contributed by atoms with Gasteiger partial charge in [0.1, 0.15) is 6.10 Å². The van der Waals surface area contributed by atoms with E-state index in [0.717, 1.165) is 31.9 Å². The molecule has 2 aliphatic rings. The number of benzene rings is 1. The highest BCUT2D eigenvalue weighted by Gasteiger charge is 2.44. The summed E-state index contributed by atoms with van der Waals surface area (Å²) in [6, 6.07) is 10.2. The molecule has 1 atom stereocenters. The second-order valence-corrected chi connectivity index (χ2v) is 8.22. The molecule has 3 rings (SSSR count). The minimum Gasteiger partial charge on any atom is -0.374 e. The zero-order chi connectivity index (χ0) is 16.3. The third-order valence-electron chi connectivity index (χ3n) is 4.66. The van der Waals surface area contributed by atoms with E-state index in [1.165, 1.54) is 5.56 Å². The largest absolute Gasteiger partial charge is 0.374 e. The normalized spacial score (nSPS) is 31.5. The molecule has 0 aromatic heterocycles. The molecule has 6 heteroatoms. The highest BCUT2D eigenvalue weighted by Crippen LogP contribution is 2.41. The van der Waals surface area contributed by atoms with Crippen molar-refractivity contribution in [3.8, 4) is 0 Å². The fourth-order valence-electron chi connectivity index (χ4n) is 3.53. The van der Waals surface area contributed by atoms with Crippen molar-refractivity contribution < 1.29 is 22.1 Å². The number of ether oxygens (including phenoxy) is 2. The molecule has 1 saturated heterocycles. The van der Waals surface area contributed by atoms with Crippen LogP contribution in [0, 0.1) is 0 Å². The quantitative estimate of drug-likeness (QED) is 0.771. The Hall–Kier alpha value is -0.950. The second kappa shape index (κ2) is 6.89. The molecule has 1 unspecified atom stereocenters. The third-order valence-corrected chi connectivity index (χ3v) is 5.28. The SMILES string of the molecule is CS(=O)(=O)OC1COC2(CCC(OCc3ccccc3)CC2)C1. The van der Waals surface area contributed by atoms with E-state index < -0.39 is 10.1 Å². The average molecular weight is 340 g/mol. The van der Waals surface area contributed by atoms with Gasteiger partial charge in [0.25, 0.3) is 10.1 Å². The maximum absolute atomic E-state index is 11.2. The van der Waals surface area contributed by atoms with Crippen LogP contribution in [0.15, 0.2) is 30.3 Å². The molecule has 0 bridgehead atoms. The van der Waals surface area contributed by atoms with Gasteiger partial charge in [0, 0.05) is 6.42 Å². The van der Waals surface area contributed by atoms with Crippen molar-refractivity contribution in [3.63, 3.8) is 0 Å². The molecule has 0 radical (unpaired) electrons. The van der Waals surface area contributed by atoms with E-state index in [-0.39, 0.29) is 17.8 Å². The Kier molecular flexibility index (Phi) is 5.06. The molecule has 0 amide bonds. The first-order valence-corrected chi connectivity index (χ1v) is 9.94. The van der Waals surface area contributed by atoms with E-state index in [0.29, 0.717) is 19.6 Å². The van der Waals surface area contributed by atoms with Crippen LogP contribution in [0.25, 0.3) is 0 Å². The van der Waals surface area contributed by atoms with Gasteiger partial charge in [-0.3, -0.25) is 4.18 Å². The molecule has 1 aromatic carbocycles. The lowest BCUT2D eigenvalue weighted by Crippen LogP contribution is -2.36. The van der Waals surface area contributed by atoms with Gasteiger partial charge in [0.2, 0.25) is 0 Å². The molecule has 5 nitrogen and oxygen atoms in total. The van der Waals surface area contributed by atoms with Crippen molar-refractivity contribution >= 4 is 10.1 Å². The fraction of sp³-hybridized carbons (Fsp3) is 0.647. The van der Waals surface area contributed by atoms with E-state index in [2.05, 4.69) is 12.1 Å². The molecule has 1 heterocycles. The minimum atomic E-state index is -3.42. The van der Waals surface area contributed by atoms with Crippen molar-refractivity contribution in [2.45, 2.75) is 56.5 Å².